The Morgan fingerprint density at radius 1 is 1.18 bits per heavy atom. The first-order valence-corrected chi connectivity index (χ1v) is 8.98. The van der Waals surface area contributed by atoms with Gasteiger partial charge in [0.1, 0.15) is 0 Å². The molecule has 3 rings (SSSR count). The topological polar surface area (TPSA) is 19.4 Å². The van der Waals surface area contributed by atoms with Crippen molar-refractivity contribution in [3.63, 3.8) is 0 Å². The van der Waals surface area contributed by atoms with Crippen molar-refractivity contribution in [3.8, 4) is 0 Å². The van der Waals surface area contributed by atoms with Gasteiger partial charge in [-0.3, -0.25) is 4.90 Å². The maximum Gasteiger partial charge on any atom is 0.0954 e. The molecule has 2 heterocycles. The summed E-state index contributed by atoms with van der Waals surface area (Å²) in [5.74, 6) is 0.539. The number of piperazine rings is 1. The summed E-state index contributed by atoms with van der Waals surface area (Å²) in [7, 11) is 0. The molecule has 1 aliphatic heterocycles. The number of thiazole rings is 1. The summed E-state index contributed by atoms with van der Waals surface area (Å²) in [6.45, 7) is 12.0. The Kier molecular flexibility index (Phi) is 4.79. The van der Waals surface area contributed by atoms with Crippen molar-refractivity contribution >= 4 is 17.0 Å². The molecule has 2 aromatic rings. The van der Waals surface area contributed by atoms with Crippen LogP contribution in [0.3, 0.4) is 0 Å². The normalized spacial score (nSPS) is 16.5. The van der Waals surface area contributed by atoms with E-state index in [1.807, 2.05) is 0 Å². The van der Waals surface area contributed by atoms with Crippen LogP contribution in [0.4, 0.5) is 5.69 Å². The van der Waals surface area contributed by atoms with Crippen LogP contribution >= 0.6 is 11.3 Å². The molecular weight excluding hydrogens is 290 g/mol. The van der Waals surface area contributed by atoms with E-state index in [4.69, 9.17) is 4.98 Å². The Hall–Kier alpha value is -1.39. The van der Waals surface area contributed by atoms with Crippen LogP contribution in [0.2, 0.25) is 0 Å². The zero-order valence-corrected chi connectivity index (χ0v) is 14.6. The molecule has 0 spiro atoms. The highest BCUT2D eigenvalue weighted by Crippen LogP contribution is 2.21. The molecule has 0 unspecified atom stereocenters. The van der Waals surface area contributed by atoms with Crippen LogP contribution in [0.5, 0.6) is 0 Å². The smallest absolute Gasteiger partial charge is 0.0954 e. The van der Waals surface area contributed by atoms with E-state index in [0.29, 0.717) is 5.92 Å². The Balaban J connectivity index is 1.55. The third-order valence-electron chi connectivity index (χ3n) is 4.19. The lowest BCUT2D eigenvalue weighted by atomic mass is 10.2. The summed E-state index contributed by atoms with van der Waals surface area (Å²) in [5, 5.41) is 3.48. The second kappa shape index (κ2) is 6.80. The summed E-state index contributed by atoms with van der Waals surface area (Å²) < 4.78 is 0. The highest BCUT2D eigenvalue weighted by atomic mass is 32.1. The van der Waals surface area contributed by atoms with Crippen molar-refractivity contribution in [3.05, 3.63) is 45.9 Å². The van der Waals surface area contributed by atoms with Crippen molar-refractivity contribution < 1.29 is 0 Å². The average molecular weight is 315 g/mol. The molecule has 22 heavy (non-hydrogen) atoms. The van der Waals surface area contributed by atoms with E-state index in [0.717, 1.165) is 32.7 Å². The molecule has 3 nitrogen and oxygen atoms in total. The molecule has 0 aliphatic carbocycles. The molecule has 1 aromatic carbocycles. The number of rotatable bonds is 4. The van der Waals surface area contributed by atoms with Gasteiger partial charge in [-0.1, -0.05) is 26.0 Å². The van der Waals surface area contributed by atoms with Crippen LogP contribution in [-0.2, 0) is 6.54 Å². The van der Waals surface area contributed by atoms with Gasteiger partial charge in [-0.15, -0.1) is 11.3 Å². The zero-order valence-electron chi connectivity index (χ0n) is 13.7. The van der Waals surface area contributed by atoms with Crippen LogP contribution in [0, 0.1) is 6.92 Å². The number of aromatic nitrogens is 1. The SMILES string of the molecule is Cc1cccc(N2CCN(Cc3csc(C(C)C)n3)CC2)c1. The number of benzene rings is 1. The quantitative estimate of drug-likeness (QED) is 0.853. The van der Waals surface area contributed by atoms with E-state index in [1.54, 1.807) is 11.3 Å². The van der Waals surface area contributed by atoms with Crippen LogP contribution in [0.15, 0.2) is 29.6 Å². The average Bonchev–Trinajstić information content (AvgIpc) is 2.97. The molecule has 1 aromatic heterocycles. The first kappa shape index (κ1) is 15.5. The highest BCUT2D eigenvalue weighted by Gasteiger charge is 2.18. The maximum absolute atomic E-state index is 4.76. The fraction of sp³-hybridized carbons (Fsp3) is 0.500. The third-order valence-corrected chi connectivity index (χ3v) is 5.38. The lowest BCUT2D eigenvalue weighted by Crippen LogP contribution is -2.46. The largest absolute Gasteiger partial charge is 0.369 e. The molecule has 0 atom stereocenters. The third kappa shape index (κ3) is 3.68. The molecule has 0 amide bonds. The molecule has 0 saturated carbocycles. The van der Waals surface area contributed by atoms with Crippen molar-refractivity contribution in [2.45, 2.75) is 33.2 Å². The van der Waals surface area contributed by atoms with Gasteiger partial charge in [-0.05, 0) is 24.6 Å². The lowest BCUT2D eigenvalue weighted by Gasteiger charge is -2.36. The van der Waals surface area contributed by atoms with Gasteiger partial charge in [-0.25, -0.2) is 4.98 Å². The van der Waals surface area contributed by atoms with Crippen molar-refractivity contribution in [2.24, 2.45) is 0 Å². The van der Waals surface area contributed by atoms with Crippen LogP contribution in [0.1, 0.15) is 36.0 Å². The van der Waals surface area contributed by atoms with Crippen molar-refractivity contribution in [1.29, 1.82) is 0 Å². The highest BCUT2D eigenvalue weighted by molar-refractivity contribution is 7.09. The molecule has 4 heteroatoms. The minimum absolute atomic E-state index is 0.539. The Bertz CT molecular complexity index is 612. The fourth-order valence-electron chi connectivity index (χ4n) is 2.88. The minimum Gasteiger partial charge on any atom is -0.369 e. The number of hydrogen-bond acceptors (Lipinski definition) is 4. The summed E-state index contributed by atoms with van der Waals surface area (Å²) >= 11 is 1.80. The Labute approximate surface area is 137 Å². The van der Waals surface area contributed by atoms with E-state index in [1.165, 1.54) is 22.0 Å². The second-order valence-corrected chi connectivity index (χ2v) is 7.32. The van der Waals surface area contributed by atoms with Crippen molar-refractivity contribution in [1.82, 2.24) is 9.88 Å². The summed E-state index contributed by atoms with van der Waals surface area (Å²) in [4.78, 5) is 9.77. The van der Waals surface area contributed by atoms with Gasteiger partial charge in [0.2, 0.25) is 0 Å². The standard InChI is InChI=1S/C18H25N3S/c1-14(2)18-19-16(13-22-18)12-20-7-9-21(10-8-20)17-6-4-5-15(3)11-17/h4-6,11,13-14H,7-10,12H2,1-3H3. The van der Waals surface area contributed by atoms with E-state index in [-0.39, 0.29) is 0 Å². The second-order valence-electron chi connectivity index (χ2n) is 6.43. The maximum atomic E-state index is 4.76. The van der Waals surface area contributed by atoms with Crippen LogP contribution in [0.25, 0.3) is 0 Å². The Morgan fingerprint density at radius 2 is 1.95 bits per heavy atom. The van der Waals surface area contributed by atoms with Gasteiger partial charge in [0.25, 0.3) is 0 Å². The van der Waals surface area contributed by atoms with Gasteiger partial charge >= 0.3 is 0 Å². The van der Waals surface area contributed by atoms with Crippen LogP contribution in [-0.4, -0.2) is 36.1 Å². The Morgan fingerprint density at radius 3 is 2.59 bits per heavy atom. The molecule has 1 aliphatic rings. The number of hydrogen-bond donors (Lipinski definition) is 0. The van der Waals surface area contributed by atoms with E-state index >= 15 is 0 Å². The van der Waals surface area contributed by atoms with E-state index < -0.39 is 0 Å². The van der Waals surface area contributed by atoms with Gasteiger partial charge in [0.05, 0.1) is 10.7 Å². The number of anilines is 1. The molecular formula is C18H25N3S. The predicted molar refractivity (Wildman–Crippen MR) is 94.9 cm³/mol. The molecule has 0 bridgehead atoms. The molecule has 0 radical (unpaired) electrons. The summed E-state index contributed by atoms with van der Waals surface area (Å²) in [6, 6.07) is 8.82. The molecule has 1 fully saturated rings. The fourth-order valence-corrected chi connectivity index (χ4v) is 3.70. The number of aryl methyl sites for hydroxylation is 1. The van der Waals surface area contributed by atoms with Gasteiger partial charge in [-0.2, -0.15) is 0 Å². The van der Waals surface area contributed by atoms with Crippen molar-refractivity contribution in [2.75, 3.05) is 31.1 Å². The van der Waals surface area contributed by atoms with Gasteiger partial charge in [0, 0.05) is 49.7 Å². The predicted octanol–water partition coefficient (Wildman–Crippen LogP) is 3.90. The van der Waals surface area contributed by atoms with Gasteiger partial charge < -0.3 is 4.90 Å². The molecule has 0 N–H and O–H groups in total. The first-order chi connectivity index (χ1) is 10.6. The van der Waals surface area contributed by atoms with E-state index in [9.17, 15) is 0 Å². The molecule has 118 valence electrons. The van der Waals surface area contributed by atoms with E-state index in [2.05, 4.69) is 60.2 Å². The first-order valence-electron chi connectivity index (χ1n) is 8.10. The van der Waals surface area contributed by atoms with Crippen LogP contribution < -0.4 is 4.90 Å². The zero-order chi connectivity index (χ0) is 15.5. The lowest BCUT2D eigenvalue weighted by molar-refractivity contribution is 0.247. The summed E-state index contributed by atoms with van der Waals surface area (Å²) in [5.41, 5.74) is 3.93. The monoisotopic (exact) mass is 315 g/mol. The number of nitrogens with zero attached hydrogens (tertiary/aromatic N) is 3. The minimum atomic E-state index is 0.539. The van der Waals surface area contributed by atoms with Gasteiger partial charge in [0.15, 0.2) is 0 Å². The molecule has 1 saturated heterocycles. The summed E-state index contributed by atoms with van der Waals surface area (Å²) in [6.07, 6.45) is 0.